The zero-order valence-electron chi connectivity index (χ0n) is 15.3. The Kier molecular flexibility index (Phi) is 6.69. The maximum Gasteiger partial charge on any atom is 0.255 e. The fraction of sp³-hybridized carbons (Fsp3) is 0.350. The van der Waals surface area contributed by atoms with E-state index >= 15 is 0 Å². The molecule has 0 aliphatic heterocycles. The largest absolute Gasteiger partial charge is 0.497 e. The predicted octanol–water partition coefficient (Wildman–Crippen LogP) is 3.27. The van der Waals surface area contributed by atoms with Gasteiger partial charge in [-0.15, -0.1) is 0 Å². The zero-order chi connectivity index (χ0) is 18.2. The number of carbonyl (C=O) groups is 1. The van der Waals surface area contributed by atoms with Crippen molar-refractivity contribution in [2.45, 2.75) is 13.8 Å². The van der Waals surface area contributed by atoms with Crippen LogP contribution in [-0.4, -0.2) is 39.8 Å². The highest BCUT2D eigenvalue weighted by atomic mass is 16.5. The van der Waals surface area contributed by atoms with Crippen LogP contribution >= 0.6 is 0 Å². The van der Waals surface area contributed by atoms with Crippen molar-refractivity contribution in [3.8, 4) is 11.5 Å². The van der Waals surface area contributed by atoms with Gasteiger partial charge in [-0.2, -0.15) is 0 Å². The Bertz CT molecular complexity index is 716. The van der Waals surface area contributed by atoms with Crippen LogP contribution in [0, 0.1) is 6.92 Å². The molecule has 2 aromatic rings. The Morgan fingerprint density at radius 1 is 1.12 bits per heavy atom. The molecule has 0 saturated heterocycles. The molecule has 0 radical (unpaired) electrons. The van der Waals surface area contributed by atoms with Gasteiger partial charge in [-0.05, 0) is 49.7 Å². The topological polar surface area (TPSA) is 50.8 Å². The normalized spacial score (nSPS) is 10.2. The van der Waals surface area contributed by atoms with Crippen molar-refractivity contribution in [3.05, 3.63) is 53.6 Å². The summed E-state index contributed by atoms with van der Waals surface area (Å²) < 4.78 is 10.5. The van der Waals surface area contributed by atoms with Crippen molar-refractivity contribution in [2.75, 3.05) is 38.8 Å². The number of nitrogens with one attached hydrogen (secondary N) is 1. The van der Waals surface area contributed by atoms with Gasteiger partial charge < -0.3 is 19.7 Å². The molecule has 2 aromatic carbocycles. The second-order valence-corrected chi connectivity index (χ2v) is 5.74. The fourth-order valence-electron chi connectivity index (χ4n) is 2.69. The Labute approximate surface area is 149 Å². The summed E-state index contributed by atoms with van der Waals surface area (Å²) in [6, 6.07) is 13.6. The second kappa shape index (κ2) is 8.97. The number of nitrogens with zero attached hydrogens (tertiary/aromatic N) is 1. The minimum atomic E-state index is -0.170. The maximum atomic E-state index is 12.5. The average molecular weight is 342 g/mol. The molecular weight excluding hydrogens is 316 g/mol. The number of rotatable bonds is 8. The Balaban J connectivity index is 2.00. The van der Waals surface area contributed by atoms with Crippen molar-refractivity contribution in [1.29, 1.82) is 0 Å². The van der Waals surface area contributed by atoms with Crippen molar-refractivity contribution < 1.29 is 14.3 Å². The highest BCUT2D eigenvalue weighted by Gasteiger charge is 2.14. The first-order chi connectivity index (χ1) is 12.1. The number of methoxy groups -OCH3 is 2. The number of aryl methyl sites for hydroxylation is 1. The highest BCUT2D eigenvalue weighted by molar-refractivity contribution is 5.97. The number of carbonyl (C=O) groups excluding carboxylic acids is 1. The summed E-state index contributed by atoms with van der Waals surface area (Å²) in [5.41, 5.74) is 2.86. The lowest BCUT2D eigenvalue weighted by molar-refractivity contribution is 0.0951. The van der Waals surface area contributed by atoms with E-state index in [-0.39, 0.29) is 5.91 Å². The first kappa shape index (κ1) is 18.6. The molecule has 0 aliphatic carbocycles. The van der Waals surface area contributed by atoms with Gasteiger partial charge in [-0.1, -0.05) is 12.1 Å². The molecule has 0 bridgehead atoms. The summed E-state index contributed by atoms with van der Waals surface area (Å²) >= 11 is 0. The third kappa shape index (κ3) is 4.89. The molecule has 1 amide bonds. The number of hydrogen-bond acceptors (Lipinski definition) is 4. The van der Waals surface area contributed by atoms with Crippen LogP contribution in [0.25, 0.3) is 0 Å². The van der Waals surface area contributed by atoms with Gasteiger partial charge in [-0.25, -0.2) is 0 Å². The number of amides is 1. The van der Waals surface area contributed by atoms with E-state index in [1.54, 1.807) is 32.4 Å². The molecular formula is C20H26N2O3. The molecule has 1 N–H and O–H groups in total. The summed E-state index contributed by atoms with van der Waals surface area (Å²) in [5.74, 6) is 0.987. The zero-order valence-corrected chi connectivity index (χ0v) is 15.3. The fourth-order valence-corrected chi connectivity index (χ4v) is 2.69. The van der Waals surface area contributed by atoms with Gasteiger partial charge in [0.2, 0.25) is 0 Å². The molecule has 25 heavy (non-hydrogen) atoms. The van der Waals surface area contributed by atoms with Crippen molar-refractivity contribution in [2.24, 2.45) is 0 Å². The van der Waals surface area contributed by atoms with Crippen molar-refractivity contribution >= 4 is 11.6 Å². The summed E-state index contributed by atoms with van der Waals surface area (Å²) in [4.78, 5) is 14.7. The molecule has 0 fully saturated rings. The molecule has 2 rings (SSSR count). The quantitative estimate of drug-likeness (QED) is 0.800. The maximum absolute atomic E-state index is 12.5. The molecule has 0 atom stereocenters. The van der Waals surface area contributed by atoms with Gasteiger partial charge in [0, 0.05) is 25.3 Å². The van der Waals surface area contributed by atoms with Crippen molar-refractivity contribution in [1.82, 2.24) is 5.32 Å². The van der Waals surface area contributed by atoms with Crippen LogP contribution in [0.3, 0.4) is 0 Å². The molecule has 5 nitrogen and oxygen atoms in total. The number of benzene rings is 2. The van der Waals surface area contributed by atoms with E-state index in [1.165, 1.54) is 5.56 Å². The van der Waals surface area contributed by atoms with E-state index in [4.69, 9.17) is 9.47 Å². The molecule has 0 aromatic heterocycles. The average Bonchev–Trinajstić information content (AvgIpc) is 2.64. The molecule has 0 heterocycles. The molecule has 0 aliphatic rings. The summed E-state index contributed by atoms with van der Waals surface area (Å²) in [6.07, 6.45) is 0. The third-order valence-electron chi connectivity index (χ3n) is 4.07. The Morgan fingerprint density at radius 3 is 2.56 bits per heavy atom. The van der Waals surface area contributed by atoms with E-state index in [0.717, 1.165) is 18.8 Å². The number of ether oxygens (including phenoxy) is 2. The monoisotopic (exact) mass is 342 g/mol. The second-order valence-electron chi connectivity index (χ2n) is 5.74. The SMILES string of the molecule is CCN(CCNC(=O)c1cc(OC)ccc1OC)c1cccc(C)c1. The Morgan fingerprint density at radius 2 is 1.92 bits per heavy atom. The molecule has 0 unspecified atom stereocenters. The van der Waals surface area contributed by atoms with E-state index in [9.17, 15) is 4.79 Å². The van der Waals surface area contributed by atoms with E-state index in [1.807, 2.05) is 6.07 Å². The minimum absolute atomic E-state index is 0.170. The minimum Gasteiger partial charge on any atom is -0.497 e. The van der Waals surface area contributed by atoms with Gasteiger partial charge in [0.25, 0.3) is 5.91 Å². The molecule has 0 saturated carbocycles. The first-order valence-electron chi connectivity index (χ1n) is 8.40. The van der Waals surface area contributed by atoms with E-state index in [0.29, 0.717) is 23.6 Å². The number of hydrogen-bond donors (Lipinski definition) is 1. The van der Waals surface area contributed by atoms with E-state index in [2.05, 4.69) is 42.3 Å². The predicted molar refractivity (Wildman–Crippen MR) is 101 cm³/mol. The van der Waals surface area contributed by atoms with Crippen LogP contribution in [0.1, 0.15) is 22.8 Å². The lowest BCUT2D eigenvalue weighted by Gasteiger charge is -2.23. The number of anilines is 1. The smallest absolute Gasteiger partial charge is 0.255 e. The third-order valence-corrected chi connectivity index (χ3v) is 4.07. The Hall–Kier alpha value is -2.69. The van der Waals surface area contributed by atoms with Gasteiger partial charge in [0.05, 0.1) is 19.8 Å². The molecule has 134 valence electrons. The van der Waals surface area contributed by atoms with Crippen LogP contribution in [-0.2, 0) is 0 Å². The van der Waals surface area contributed by atoms with Crippen LogP contribution in [0.2, 0.25) is 0 Å². The van der Waals surface area contributed by atoms with Gasteiger partial charge in [0.1, 0.15) is 11.5 Å². The summed E-state index contributed by atoms with van der Waals surface area (Å²) in [5, 5.41) is 2.96. The van der Waals surface area contributed by atoms with Gasteiger partial charge in [0.15, 0.2) is 0 Å². The molecule has 0 spiro atoms. The first-order valence-corrected chi connectivity index (χ1v) is 8.40. The van der Waals surface area contributed by atoms with Crippen molar-refractivity contribution in [3.63, 3.8) is 0 Å². The van der Waals surface area contributed by atoms with Crippen LogP contribution in [0.5, 0.6) is 11.5 Å². The lowest BCUT2D eigenvalue weighted by Crippen LogP contribution is -2.35. The number of likely N-dealkylation sites (N-methyl/N-ethyl adjacent to an activating group) is 1. The van der Waals surface area contributed by atoms with Crippen LogP contribution in [0.4, 0.5) is 5.69 Å². The van der Waals surface area contributed by atoms with Gasteiger partial charge >= 0.3 is 0 Å². The van der Waals surface area contributed by atoms with E-state index < -0.39 is 0 Å². The molecule has 5 heteroatoms. The summed E-state index contributed by atoms with van der Waals surface area (Å²) in [7, 11) is 3.12. The standard InChI is InChI=1S/C20H26N2O3/c1-5-22(16-8-6-7-15(2)13-16)12-11-21-20(23)18-14-17(24-3)9-10-19(18)25-4/h6-10,13-14H,5,11-12H2,1-4H3,(H,21,23). The van der Waals surface area contributed by atoms with Crippen LogP contribution in [0.15, 0.2) is 42.5 Å². The van der Waals surface area contributed by atoms with Crippen LogP contribution < -0.4 is 19.7 Å². The lowest BCUT2D eigenvalue weighted by atomic mass is 10.1. The summed E-state index contributed by atoms with van der Waals surface area (Å²) in [6.45, 7) is 6.34. The van der Waals surface area contributed by atoms with Gasteiger partial charge in [-0.3, -0.25) is 4.79 Å². The highest BCUT2D eigenvalue weighted by Crippen LogP contribution is 2.23.